The molecule has 0 amide bonds. The topological polar surface area (TPSA) is 129 Å². The number of rotatable bonds is 18. The van der Waals surface area contributed by atoms with Gasteiger partial charge in [-0.05, 0) is 82.3 Å². The fraction of sp³-hybridized carbons (Fsp3) is 0.391. The second kappa shape index (κ2) is 19.1. The van der Waals surface area contributed by atoms with Gasteiger partial charge in [-0.15, -0.1) is 44.6 Å². The number of nitrogens with zero attached hydrogens (tertiary/aromatic N) is 6. The summed E-state index contributed by atoms with van der Waals surface area (Å²) in [5.74, 6) is 1.52. The van der Waals surface area contributed by atoms with E-state index < -0.39 is 6.04 Å². The molecule has 312 valence electrons. The third-order valence-corrected chi connectivity index (χ3v) is 13.7. The molecule has 2 aromatic carbocycles. The van der Waals surface area contributed by atoms with Gasteiger partial charge in [0.1, 0.15) is 22.7 Å². The van der Waals surface area contributed by atoms with Gasteiger partial charge in [-0.3, -0.25) is 28.9 Å². The van der Waals surface area contributed by atoms with Crippen LogP contribution in [-0.2, 0) is 16.0 Å². The molecule has 1 aliphatic heterocycles. The highest BCUT2D eigenvalue weighted by Crippen LogP contribution is 2.40. The number of Topliss-reactive ketones (excluding diaryl/α,β-unsaturated/α-hetero) is 3. The van der Waals surface area contributed by atoms with Crippen LogP contribution in [0.4, 0.5) is 0 Å². The SMILES string of the molecule is Cc1sc2c(c1C)C(c1ccc(Cl)cc1)=N[C@@H](CC(=O)CCCOCCCC(=O)c1cc(SC(C)(C)C)c3ncc(C(=O)CCCc4nccs4)cc3c1)c1nnc(C)n1-2. The molecule has 0 saturated carbocycles. The largest absolute Gasteiger partial charge is 0.381 e. The number of thiazole rings is 1. The van der Waals surface area contributed by atoms with E-state index in [1.165, 1.54) is 4.88 Å². The number of halogens is 1. The van der Waals surface area contributed by atoms with Crippen LogP contribution < -0.4 is 0 Å². The Hall–Kier alpha value is -4.40. The van der Waals surface area contributed by atoms with Crippen molar-refractivity contribution >= 4 is 80.0 Å². The van der Waals surface area contributed by atoms with Gasteiger partial charge in [0, 0.05) is 104 Å². The summed E-state index contributed by atoms with van der Waals surface area (Å²) < 4.78 is 7.86. The molecule has 6 aromatic rings. The fourth-order valence-corrected chi connectivity index (χ4v) is 10.4. The van der Waals surface area contributed by atoms with Gasteiger partial charge in [0.2, 0.25) is 0 Å². The first-order chi connectivity index (χ1) is 28.8. The standard InChI is InChI=1S/C46H49ClN6O4S3/c1-27-28(2)59-45-41(27)43(30-14-16-34(47)17-15-30)50-36(44-52-51-29(3)53(44)45)25-35(54)10-8-19-57-20-9-12-37(55)31-22-32-23-33(38(56)11-7-13-40-48-18-21-58-40)26-49-42(32)39(24-31)60-46(4,5)6/h14-18,21-24,26,36H,7-13,19-20,25H2,1-6H3/t36-/m0/s1. The van der Waals surface area contributed by atoms with E-state index in [1.54, 1.807) is 46.8 Å². The number of thioether (sulfide) groups is 1. The second-order valence-corrected chi connectivity index (χ2v) is 20.6. The first kappa shape index (κ1) is 43.7. The summed E-state index contributed by atoms with van der Waals surface area (Å²) in [7, 11) is 0. The fourth-order valence-electron chi connectivity index (χ4n) is 7.26. The van der Waals surface area contributed by atoms with Gasteiger partial charge in [0.15, 0.2) is 17.4 Å². The molecule has 4 aromatic heterocycles. The molecule has 0 spiro atoms. The van der Waals surface area contributed by atoms with Crippen molar-refractivity contribution in [2.45, 2.75) is 109 Å². The number of aliphatic imine (C=N–C) groups is 1. The predicted molar refractivity (Wildman–Crippen MR) is 243 cm³/mol. The Labute approximate surface area is 368 Å². The van der Waals surface area contributed by atoms with E-state index in [1.807, 2.05) is 54.8 Å². The third-order valence-electron chi connectivity index (χ3n) is 10.3. The van der Waals surface area contributed by atoms with Crippen LogP contribution in [0.5, 0.6) is 0 Å². The van der Waals surface area contributed by atoms with Crippen LogP contribution >= 0.6 is 46.0 Å². The quantitative estimate of drug-likeness (QED) is 0.0470. The highest BCUT2D eigenvalue weighted by Gasteiger charge is 2.32. The maximum Gasteiger partial charge on any atom is 0.164 e. The molecule has 7 rings (SSSR count). The lowest BCUT2D eigenvalue weighted by atomic mass is 9.99. The maximum absolute atomic E-state index is 13.5. The molecule has 0 N–H and O–H groups in total. The monoisotopic (exact) mass is 880 g/mol. The van der Waals surface area contributed by atoms with Crippen molar-refractivity contribution in [1.29, 1.82) is 0 Å². The molecule has 14 heteroatoms. The van der Waals surface area contributed by atoms with Crippen molar-refractivity contribution < 1.29 is 19.1 Å². The van der Waals surface area contributed by atoms with Crippen LogP contribution in [0, 0.1) is 20.8 Å². The number of ketones is 3. The highest BCUT2D eigenvalue weighted by atomic mass is 35.5. The molecule has 0 fully saturated rings. The number of pyridine rings is 1. The van der Waals surface area contributed by atoms with Crippen LogP contribution in [0.2, 0.25) is 5.02 Å². The average molecular weight is 882 g/mol. The van der Waals surface area contributed by atoms with Crippen LogP contribution in [-0.4, -0.2) is 65.8 Å². The van der Waals surface area contributed by atoms with Crippen LogP contribution in [0.1, 0.15) is 131 Å². The van der Waals surface area contributed by atoms with E-state index in [9.17, 15) is 14.4 Å². The average Bonchev–Trinajstić information content (AvgIpc) is 3.92. The van der Waals surface area contributed by atoms with Crippen LogP contribution in [0.15, 0.2) is 70.1 Å². The van der Waals surface area contributed by atoms with Gasteiger partial charge in [0.05, 0.1) is 16.2 Å². The Kier molecular flexibility index (Phi) is 13.9. The van der Waals surface area contributed by atoms with Gasteiger partial charge < -0.3 is 4.74 Å². The minimum atomic E-state index is -0.504. The van der Waals surface area contributed by atoms with E-state index in [0.717, 1.165) is 66.9 Å². The highest BCUT2D eigenvalue weighted by molar-refractivity contribution is 8.00. The lowest BCUT2D eigenvalue weighted by Crippen LogP contribution is -2.12. The number of thiophene rings is 1. The first-order valence-electron chi connectivity index (χ1n) is 20.3. The van der Waals surface area contributed by atoms with Gasteiger partial charge in [-0.25, -0.2) is 4.98 Å². The number of carbonyl (C=O) groups is 3. The van der Waals surface area contributed by atoms with Gasteiger partial charge in [-0.1, -0.05) is 44.5 Å². The van der Waals surface area contributed by atoms with Crippen molar-refractivity contribution in [2.24, 2.45) is 4.99 Å². The van der Waals surface area contributed by atoms with Crippen molar-refractivity contribution in [2.75, 3.05) is 13.2 Å². The molecule has 0 unspecified atom stereocenters. The number of ether oxygens (including phenoxy) is 1. The van der Waals surface area contributed by atoms with E-state index in [0.29, 0.717) is 67.3 Å². The summed E-state index contributed by atoms with van der Waals surface area (Å²) in [6.45, 7) is 13.3. The predicted octanol–water partition coefficient (Wildman–Crippen LogP) is 11.3. The van der Waals surface area contributed by atoms with Gasteiger partial charge in [0.25, 0.3) is 0 Å². The lowest BCUT2D eigenvalue weighted by Gasteiger charge is -2.19. The molecule has 1 aliphatic rings. The van der Waals surface area contributed by atoms with Crippen LogP contribution in [0.25, 0.3) is 15.9 Å². The molecule has 10 nitrogen and oxygen atoms in total. The Balaban J connectivity index is 0.938. The van der Waals surface area contributed by atoms with Gasteiger partial charge in [-0.2, -0.15) is 0 Å². The van der Waals surface area contributed by atoms with Crippen molar-refractivity contribution in [3.63, 3.8) is 0 Å². The maximum atomic E-state index is 13.5. The van der Waals surface area contributed by atoms with Gasteiger partial charge >= 0.3 is 0 Å². The summed E-state index contributed by atoms with van der Waals surface area (Å²) in [6, 6.07) is 12.8. The summed E-state index contributed by atoms with van der Waals surface area (Å²) in [5, 5.41) is 14.3. The molecular formula is C46H49ClN6O4S3. The van der Waals surface area contributed by atoms with Crippen molar-refractivity contribution in [3.05, 3.63) is 115 Å². The Morgan fingerprint density at radius 2 is 1.62 bits per heavy atom. The number of hydrogen-bond acceptors (Lipinski definition) is 12. The van der Waals surface area contributed by atoms with Crippen molar-refractivity contribution in [3.8, 4) is 5.00 Å². The second-order valence-electron chi connectivity index (χ2n) is 16.1. The Bertz CT molecular complexity index is 2550. The van der Waals surface area contributed by atoms with E-state index in [2.05, 4.69) is 54.4 Å². The molecular weight excluding hydrogens is 832 g/mol. The summed E-state index contributed by atoms with van der Waals surface area (Å²) in [4.78, 5) is 56.5. The zero-order valence-electron chi connectivity index (χ0n) is 34.8. The number of hydrogen-bond donors (Lipinski definition) is 0. The van der Waals surface area contributed by atoms with E-state index in [4.69, 9.17) is 26.3 Å². The minimum absolute atomic E-state index is 0.0105. The molecule has 5 heterocycles. The molecule has 0 aliphatic carbocycles. The molecule has 60 heavy (non-hydrogen) atoms. The zero-order valence-corrected chi connectivity index (χ0v) is 38.0. The molecule has 0 bridgehead atoms. The smallest absolute Gasteiger partial charge is 0.164 e. The number of benzene rings is 2. The molecule has 1 atom stereocenters. The molecule has 0 saturated heterocycles. The lowest BCUT2D eigenvalue weighted by molar-refractivity contribution is -0.119. The number of carbonyl (C=O) groups excluding carboxylic acids is 3. The Morgan fingerprint density at radius 1 is 0.900 bits per heavy atom. The molecule has 0 radical (unpaired) electrons. The van der Waals surface area contributed by atoms with E-state index >= 15 is 0 Å². The number of aryl methyl sites for hydroxylation is 3. The number of aromatic nitrogens is 5. The normalized spacial score (nSPS) is 13.8. The Morgan fingerprint density at radius 3 is 2.35 bits per heavy atom. The summed E-state index contributed by atoms with van der Waals surface area (Å²) in [5.41, 5.74) is 5.86. The number of fused-ring (bicyclic) bond motifs is 4. The van der Waals surface area contributed by atoms with E-state index in [-0.39, 0.29) is 28.5 Å². The van der Waals surface area contributed by atoms with Crippen molar-refractivity contribution in [1.82, 2.24) is 24.7 Å². The first-order valence-corrected chi connectivity index (χ1v) is 23.2. The zero-order chi connectivity index (χ0) is 42.6. The summed E-state index contributed by atoms with van der Waals surface area (Å²) >= 11 is 11.2. The summed E-state index contributed by atoms with van der Waals surface area (Å²) in [6.07, 6.45) is 7.28. The van der Waals surface area contributed by atoms with Crippen LogP contribution in [0.3, 0.4) is 0 Å². The minimum Gasteiger partial charge on any atom is -0.381 e. The third kappa shape index (κ3) is 10.4.